The summed E-state index contributed by atoms with van der Waals surface area (Å²) in [5, 5.41) is 3.21. The lowest BCUT2D eigenvalue weighted by atomic mass is 10.1. The Balaban J connectivity index is 1.60. The average Bonchev–Trinajstić information content (AvgIpc) is 2.61. The molecule has 0 radical (unpaired) electrons. The van der Waals surface area contributed by atoms with Crippen LogP contribution >= 0.6 is 0 Å². The van der Waals surface area contributed by atoms with Gasteiger partial charge in [0, 0.05) is 31.2 Å². The summed E-state index contributed by atoms with van der Waals surface area (Å²) in [7, 11) is 0. The number of hydrogen-bond acceptors (Lipinski definition) is 5. The Morgan fingerprint density at radius 3 is 2.74 bits per heavy atom. The SMILES string of the molecule is Cc1cnccc1CNc1nccc(OCc2ccccc2)n1. The molecule has 0 fully saturated rings. The van der Waals surface area contributed by atoms with Crippen molar-refractivity contribution in [3.8, 4) is 5.88 Å². The van der Waals surface area contributed by atoms with E-state index in [1.165, 1.54) is 5.56 Å². The van der Waals surface area contributed by atoms with Crippen LogP contribution in [-0.4, -0.2) is 15.0 Å². The molecule has 1 N–H and O–H groups in total. The van der Waals surface area contributed by atoms with Crippen LogP contribution in [0.15, 0.2) is 61.1 Å². The van der Waals surface area contributed by atoms with E-state index in [1.807, 2.05) is 49.5 Å². The van der Waals surface area contributed by atoms with E-state index in [1.54, 1.807) is 18.5 Å². The third-order valence-electron chi connectivity index (χ3n) is 3.43. The predicted octanol–water partition coefficient (Wildman–Crippen LogP) is 3.37. The van der Waals surface area contributed by atoms with E-state index in [0.717, 1.165) is 11.1 Å². The average molecular weight is 306 g/mol. The summed E-state index contributed by atoms with van der Waals surface area (Å²) in [6, 6.07) is 13.7. The normalized spacial score (nSPS) is 10.3. The second-order valence-electron chi connectivity index (χ2n) is 5.15. The first-order valence-electron chi connectivity index (χ1n) is 7.44. The van der Waals surface area contributed by atoms with Crippen LogP contribution in [0.3, 0.4) is 0 Å². The standard InChI is InChI=1S/C18H18N4O/c1-14-11-19-9-7-16(14)12-21-18-20-10-8-17(22-18)23-13-15-5-3-2-4-6-15/h2-11H,12-13H2,1H3,(H,20,21,22). The number of rotatable bonds is 6. The second-order valence-corrected chi connectivity index (χ2v) is 5.15. The van der Waals surface area contributed by atoms with Crippen LogP contribution in [0.2, 0.25) is 0 Å². The third kappa shape index (κ3) is 4.26. The zero-order chi connectivity index (χ0) is 15.9. The lowest BCUT2D eigenvalue weighted by Crippen LogP contribution is -2.06. The highest BCUT2D eigenvalue weighted by Crippen LogP contribution is 2.13. The van der Waals surface area contributed by atoms with Gasteiger partial charge in [-0.15, -0.1) is 0 Å². The van der Waals surface area contributed by atoms with Gasteiger partial charge in [-0.2, -0.15) is 4.98 Å². The summed E-state index contributed by atoms with van der Waals surface area (Å²) in [6.07, 6.45) is 5.32. The first-order valence-corrected chi connectivity index (χ1v) is 7.44. The maximum absolute atomic E-state index is 5.71. The number of benzene rings is 1. The molecule has 3 aromatic rings. The molecule has 0 unspecified atom stereocenters. The van der Waals surface area contributed by atoms with Gasteiger partial charge < -0.3 is 10.1 Å². The molecule has 0 aliphatic rings. The van der Waals surface area contributed by atoms with Gasteiger partial charge in [-0.1, -0.05) is 30.3 Å². The molecule has 116 valence electrons. The first-order chi connectivity index (χ1) is 11.3. The summed E-state index contributed by atoms with van der Waals surface area (Å²) in [5.41, 5.74) is 3.41. The zero-order valence-corrected chi connectivity index (χ0v) is 12.9. The van der Waals surface area contributed by atoms with Gasteiger partial charge in [0.25, 0.3) is 0 Å². The van der Waals surface area contributed by atoms with Crippen molar-refractivity contribution in [2.24, 2.45) is 0 Å². The quantitative estimate of drug-likeness (QED) is 0.756. The van der Waals surface area contributed by atoms with E-state index < -0.39 is 0 Å². The van der Waals surface area contributed by atoms with Gasteiger partial charge in [-0.25, -0.2) is 4.98 Å². The first kappa shape index (κ1) is 15.0. The van der Waals surface area contributed by atoms with E-state index >= 15 is 0 Å². The van der Waals surface area contributed by atoms with E-state index in [9.17, 15) is 0 Å². The largest absolute Gasteiger partial charge is 0.473 e. The van der Waals surface area contributed by atoms with E-state index in [0.29, 0.717) is 25.0 Å². The van der Waals surface area contributed by atoms with Crippen molar-refractivity contribution in [1.29, 1.82) is 0 Å². The second kappa shape index (κ2) is 7.35. The minimum Gasteiger partial charge on any atom is -0.473 e. The minimum atomic E-state index is 0.487. The Hall–Kier alpha value is -2.95. The van der Waals surface area contributed by atoms with Crippen molar-refractivity contribution >= 4 is 5.95 Å². The van der Waals surface area contributed by atoms with Crippen LogP contribution in [0.4, 0.5) is 5.95 Å². The maximum Gasteiger partial charge on any atom is 0.226 e. The molecule has 1 aromatic carbocycles. The lowest BCUT2D eigenvalue weighted by molar-refractivity contribution is 0.294. The summed E-state index contributed by atoms with van der Waals surface area (Å²) in [5.74, 6) is 1.10. The molecule has 0 atom stereocenters. The van der Waals surface area contributed by atoms with E-state index in [-0.39, 0.29) is 0 Å². The highest BCUT2D eigenvalue weighted by molar-refractivity contribution is 5.31. The summed E-state index contributed by atoms with van der Waals surface area (Å²) < 4.78 is 5.71. The predicted molar refractivity (Wildman–Crippen MR) is 89.1 cm³/mol. The van der Waals surface area contributed by atoms with Crippen LogP contribution in [-0.2, 0) is 13.2 Å². The van der Waals surface area contributed by atoms with Gasteiger partial charge >= 0.3 is 0 Å². The number of aromatic nitrogens is 3. The van der Waals surface area contributed by atoms with Crippen LogP contribution in [0.5, 0.6) is 5.88 Å². The lowest BCUT2D eigenvalue weighted by Gasteiger charge is -2.09. The van der Waals surface area contributed by atoms with Gasteiger partial charge in [0.1, 0.15) is 6.61 Å². The van der Waals surface area contributed by atoms with Crippen LogP contribution in [0.25, 0.3) is 0 Å². The molecule has 3 rings (SSSR count). The molecule has 0 saturated carbocycles. The molecule has 0 amide bonds. The number of hydrogen-bond donors (Lipinski definition) is 1. The topological polar surface area (TPSA) is 59.9 Å². The number of anilines is 1. The molecule has 0 aliphatic heterocycles. The Labute approximate surface area is 135 Å². The van der Waals surface area contributed by atoms with Gasteiger partial charge in [-0.05, 0) is 29.7 Å². The fraction of sp³-hybridized carbons (Fsp3) is 0.167. The molecule has 5 nitrogen and oxygen atoms in total. The van der Waals surface area contributed by atoms with Crippen molar-refractivity contribution in [3.05, 3.63) is 77.7 Å². The number of aryl methyl sites for hydroxylation is 1. The highest BCUT2D eigenvalue weighted by Gasteiger charge is 2.02. The molecule has 2 heterocycles. The van der Waals surface area contributed by atoms with Gasteiger partial charge in [0.05, 0.1) is 0 Å². The summed E-state index contributed by atoms with van der Waals surface area (Å²) >= 11 is 0. The maximum atomic E-state index is 5.71. The van der Waals surface area contributed by atoms with Crippen molar-refractivity contribution in [2.75, 3.05) is 5.32 Å². The van der Waals surface area contributed by atoms with Crippen molar-refractivity contribution in [2.45, 2.75) is 20.1 Å². The highest BCUT2D eigenvalue weighted by atomic mass is 16.5. The van der Waals surface area contributed by atoms with Crippen LogP contribution in [0, 0.1) is 6.92 Å². The third-order valence-corrected chi connectivity index (χ3v) is 3.43. The fourth-order valence-corrected chi connectivity index (χ4v) is 2.11. The van der Waals surface area contributed by atoms with Crippen molar-refractivity contribution in [1.82, 2.24) is 15.0 Å². The minimum absolute atomic E-state index is 0.487. The van der Waals surface area contributed by atoms with Crippen molar-refractivity contribution in [3.63, 3.8) is 0 Å². The Bertz CT molecular complexity index is 762. The molecular formula is C18H18N4O. The van der Waals surface area contributed by atoms with Crippen LogP contribution in [0.1, 0.15) is 16.7 Å². The molecular weight excluding hydrogens is 288 g/mol. The summed E-state index contributed by atoms with van der Waals surface area (Å²) in [4.78, 5) is 12.7. The number of ether oxygens (including phenoxy) is 1. The van der Waals surface area contributed by atoms with E-state index in [4.69, 9.17) is 4.74 Å². The molecule has 2 aromatic heterocycles. The van der Waals surface area contributed by atoms with Crippen LogP contribution < -0.4 is 10.1 Å². The molecule has 5 heteroatoms. The van der Waals surface area contributed by atoms with Gasteiger partial charge in [0.15, 0.2) is 0 Å². The summed E-state index contributed by atoms with van der Waals surface area (Å²) in [6.45, 7) is 3.17. The molecule has 0 spiro atoms. The number of nitrogens with one attached hydrogen (secondary N) is 1. The number of nitrogens with zero attached hydrogens (tertiary/aromatic N) is 3. The monoisotopic (exact) mass is 306 g/mol. The molecule has 23 heavy (non-hydrogen) atoms. The Morgan fingerprint density at radius 1 is 1.04 bits per heavy atom. The molecule has 0 aliphatic carbocycles. The molecule has 0 saturated heterocycles. The van der Waals surface area contributed by atoms with E-state index in [2.05, 4.69) is 20.3 Å². The van der Waals surface area contributed by atoms with Gasteiger partial charge in [-0.3, -0.25) is 4.98 Å². The fourth-order valence-electron chi connectivity index (χ4n) is 2.11. The smallest absolute Gasteiger partial charge is 0.226 e. The van der Waals surface area contributed by atoms with Gasteiger partial charge in [0.2, 0.25) is 11.8 Å². The zero-order valence-electron chi connectivity index (χ0n) is 12.9. The Morgan fingerprint density at radius 2 is 1.91 bits per heavy atom. The molecule has 0 bridgehead atoms. The number of pyridine rings is 1. The Kier molecular flexibility index (Phi) is 4.79. The van der Waals surface area contributed by atoms with Crippen molar-refractivity contribution < 1.29 is 4.74 Å².